The van der Waals surface area contributed by atoms with Gasteiger partial charge in [-0.05, 0) is 26.0 Å². The maximum Gasteiger partial charge on any atom is 0.189 e. The zero-order valence-electron chi connectivity index (χ0n) is 8.34. The van der Waals surface area contributed by atoms with Gasteiger partial charge in [-0.3, -0.25) is 4.79 Å². The fourth-order valence-electron chi connectivity index (χ4n) is 1.13. The van der Waals surface area contributed by atoms with Crippen molar-refractivity contribution in [2.75, 3.05) is 13.2 Å². The molecule has 0 saturated carbocycles. The van der Waals surface area contributed by atoms with Gasteiger partial charge in [-0.25, -0.2) is 0 Å². The van der Waals surface area contributed by atoms with E-state index in [0.29, 0.717) is 12.2 Å². The zero-order valence-corrected chi connectivity index (χ0v) is 9.93. The second-order valence-electron chi connectivity index (χ2n) is 3.04. The average molecular weight is 257 g/mol. The predicted molar refractivity (Wildman–Crippen MR) is 59.7 cm³/mol. The fraction of sp³-hybridized carbons (Fsp3) is 0.364. The van der Waals surface area contributed by atoms with Gasteiger partial charge < -0.3 is 4.74 Å². The largest absolute Gasteiger partial charge is 0.374 e. The van der Waals surface area contributed by atoms with E-state index in [1.807, 2.05) is 32.0 Å². The lowest BCUT2D eigenvalue weighted by atomic mass is 10.1. The van der Waals surface area contributed by atoms with Crippen LogP contribution in [-0.4, -0.2) is 19.0 Å². The fourth-order valence-corrected chi connectivity index (χ4v) is 1.59. The SMILES string of the molecule is CCOCC(=O)c1cc(C)ccc1Br. The normalized spacial score (nSPS) is 10.2. The number of aryl methyl sites for hydroxylation is 1. The Morgan fingerprint density at radius 3 is 2.86 bits per heavy atom. The van der Waals surface area contributed by atoms with Gasteiger partial charge in [0.05, 0.1) is 0 Å². The van der Waals surface area contributed by atoms with Gasteiger partial charge in [-0.1, -0.05) is 27.6 Å². The molecule has 0 aromatic heterocycles. The molecule has 2 nitrogen and oxygen atoms in total. The van der Waals surface area contributed by atoms with E-state index in [4.69, 9.17) is 4.74 Å². The van der Waals surface area contributed by atoms with Crippen molar-refractivity contribution in [3.05, 3.63) is 33.8 Å². The molecule has 0 aliphatic heterocycles. The highest BCUT2D eigenvalue weighted by molar-refractivity contribution is 9.10. The van der Waals surface area contributed by atoms with Gasteiger partial charge in [0.25, 0.3) is 0 Å². The van der Waals surface area contributed by atoms with Gasteiger partial charge in [0.1, 0.15) is 6.61 Å². The summed E-state index contributed by atoms with van der Waals surface area (Å²) in [7, 11) is 0. The van der Waals surface area contributed by atoms with E-state index >= 15 is 0 Å². The van der Waals surface area contributed by atoms with Crippen molar-refractivity contribution in [3.8, 4) is 0 Å². The molecule has 0 saturated heterocycles. The number of carbonyl (C=O) groups is 1. The molecule has 0 N–H and O–H groups in total. The quantitative estimate of drug-likeness (QED) is 0.775. The lowest BCUT2D eigenvalue weighted by Crippen LogP contribution is -2.09. The Morgan fingerprint density at radius 2 is 2.21 bits per heavy atom. The minimum atomic E-state index is 0.0161. The van der Waals surface area contributed by atoms with E-state index in [-0.39, 0.29) is 12.4 Å². The molecule has 1 aromatic rings. The number of carbonyl (C=O) groups excluding carboxylic acids is 1. The molecule has 0 bridgehead atoms. The van der Waals surface area contributed by atoms with Crippen molar-refractivity contribution in [1.82, 2.24) is 0 Å². The summed E-state index contributed by atoms with van der Waals surface area (Å²) in [4.78, 5) is 11.6. The highest BCUT2D eigenvalue weighted by Crippen LogP contribution is 2.18. The molecular weight excluding hydrogens is 244 g/mol. The standard InChI is InChI=1S/C11H13BrO2/c1-3-14-7-11(13)9-6-8(2)4-5-10(9)12/h4-6H,3,7H2,1-2H3. The van der Waals surface area contributed by atoms with Crippen LogP contribution in [0.4, 0.5) is 0 Å². The van der Waals surface area contributed by atoms with Crippen LogP contribution >= 0.6 is 15.9 Å². The van der Waals surface area contributed by atoms with Crippen molar-refractivity contribution >= 4 is 21.7 Å². The summed E-state index contributed by atoms with van der Waals surface area (Å²) in [5.41, 5.74) is 1.77. The number of hydrogen-bond donors (Lipinski definition) is 0. The molecule has 3 heteroatoms. The Hall–Kier alpha value is -0.670. The molecule has 1 rings (SSSR count). The minimum absolute atomic E-state index is 0.0161. The molecule has 0 radical (unpaired) electrons. The van der Waals surface area contributed by atoms with Crippen LogP contribution in [0.1, 0.15) is 22.8 Å². The van der Waals surface area contributed by atoms with Gasteiger partial charge in [0.15, 0.2) is 5.78 Å². The van der Waals surface area contributed by atoms with Gasteiger partial charge >= 0.3 is 0 Å². The van der Waals surface area contributed by atoms with Crippen LogP contribution < -0.4 is 0 Å². The number of benzene rings is 1. The Balaban J connectivity index is 2.83. The van der Waals surface area contributed by atoms with Gasteiger partial charge in [0, 0.05) is 16.6 Å². The van der Waals surface area contributed by atoms with E-state index < -0.39 is 0 Å². The summed E-state index contributed by atoms with van der Waals surface area (Å²) in [5, 5.41) is 0. The third-order valence-corrected chi connectivity index (χ3v) is 2.55. The Bertz CT molecular complexity index is 334. The molecule has 0 spiro atoms. The van der Waals surface area contributed by atoms with E-state index in [1.165, 1.54) is 0 Å². The number of ketones is 1. The predicted octanol–water partition coefficient (Wildman–Crippen LogP) is 2.98. The number of rotatable bonds is 4. The first-order valence-electron chi connectivity index (χ1n) is 4.52. The Labute approximate surface area is 92.4 Å². The van der Waals surface area contributed by atoms with E-state index in [0.717, 1.165) is 10.0 Å². The number of Topliss-reactive ketones (excluding diaryl/α,β-unsaturated/α-hetero) is 1. The van der Waals surface area contributed by atoms with Crippen LogP contribution in [0.2, 0.25) is 0 Å². The second kappa shape index (κ2) is 5.27. The molecule has 0 aliphatic carbocycles. The lowest BCUT2D eigenvalue weighted by molar-refractivity contribution is 0.0782. The summed E-state index contributed by atoms with van der Waals surface area (Å²) in [5.74, 6) is 0.0161. The summed E-state index contributed by atoms with van der Waals surface area (Å²) >= 11 is 3.35. The topological polar surface area (TPSA) is 26.3 Å². The van der Waals surface area contributed by atoms with Crippen LogP contribution in [0.3, 0.4) is 0 Å². The summed E-state index contributed by atoms with van der Waals surface area (Å²) in [6, 6.07) is 5.71. The van der Waals surface area contributed by atoms with Crippen LogP contribution in [0, 0.1) is 6.92 Å². The van der Waals surface area contributed by atoms with Gasteiger partial charge in [-0.15, -0.1) is 0 Å². The smallest absolute Gasteiger partial charge is 0.189 e. The summed E-state index contributed by atoms with van der Waals surface area (Å²) in [6.45, 7) is 4.55. The molecule has 0 unspecified atom stereocenters. The lowest BCUT2D eigenvalue weighted by Gasteiger charge is -2.04. The molecule has 0 fully saturated rings. The third-order valence-electron chi connectivity index (χ3n) is 1.86. The van der Waals surface area contributed by atoms with Crippen LogP contribution in [-0.2, 0) is 4.74 Å². The second-order valence-corrected chi connectivity index (χ2v) is 3.90. The monoisotopic (exact) mass is 256 g/mol. The number of hydrogen-bond acceptors (Lipinski definition) is 2. The molecule has 76 valence electrons. The maximum absolute atomic E-state index is 11.6. The molecule has 0 amide bonds. The Kier molecular flexibility index (Phi) is 4.29. The van der Waals surface area contributed by atoms with Crippen LogP contribution in [0.15, 0.2) is 22.7 Å². The van der Waals surface area contributed by atoms with Crippen molar-refractivity contribution in [3.63, 3.8) is 0 Å². The highest BCUT2D eigenvalue weighted by Gasteiger charge is 2.09. The van der Waals surface area contributed by atoms with Crippen molar-refractivity contribution in [2.45, 2.75) is 13.8 Å². The third kappa shape index (κ3) is 2.93. The molecule has 0 atom stereocenters. The first-order chi connectivity index (χ1) is 6.65. The molecule has 1 aromatic carbocycles. The number of halogens is 1. The van der Waals surface area contributed by atoms with E-state index in [9.17, 15) is 4.79 Å². The molecule has 0 aliphatic rings. The molecule has 14 heavy (non-hydrogen) atoms. The van der Waals surface area contributed by atoms with Gasteiger partial charge in [-0.2, -0.15) is 0 Å². The Morgan fingerprint density at radius 1 is 1.50 bits per heavy atom. The van der Waals surface area contributed by atoms with Crippen molar-refractivity contribution < 1.29 is 9.53 Å². The first kappa shape index (κ1) is 11.4. The van der Waals surface area contributed by atoms with E-state index in [1.54, 1.807) is 0 Å². The summed E-state index contributed by atoms with van der Waals surface area (Å²) < 4.78 is 5.90. The first-order valence-corrected chi connectivity index (χ1v) is 5.31. The van der Waals surface area contributed by atoms with Crippen LogP contribution in [0.25, 0.3) is 0 Å². The number of ether oxygens (including phenoxy) is 1. The highest BCUT2D eigenvalue weighted by atomic mass is 79.9. The molecular formula is C11H13BrO2. The van der Waals surface area contributed by atoms with Crippen LogP contribution in [0.5, 0.6) is 0 Å². The zero-order chi connectivity index (χ0) is 10.6. The maximum atomic E-state index is 11.6. The molecule has 0 heterocycles. The van der Waals surface area contributed by atoms with Crippen molar-refractivity contribution in [2.24, 2.45) is 0 Å². The average Bonchev–Trinajstić information content (AvgIpc) is 2.18. The van der Waals surface area contributed by atoms with Crippen molar-refractivity contribution in [1.29, 1.82) is 0 Å². The minimum Gasteiger partial charge on any atom is -0.374 e. The van der Waals surface area contributed by atoms with Gasteiger partial charge in [0.2, 0.25) is 0 Å². The van der Waals surface area contributed by atoms with E-state index in [2.05, 4.69) is 15.9 Å². The summed E-state index contributed by atoms with van der Waals surface area (Å²) in [6.07, 6.45) is 0.